The smallest absolute Gasteiger partial charge is 0.319 e. The molecule has 2 rings (SSSR count). The molecule has 8 nitrogen and oxygen atoms in total. The number of nitro benzene ring substituents is 1. The zero-order chi connectivity index (χ0) is 17.0. The number of rotatable bonds is 5. The third-order valence-electron chi connectivity index (χ3n) is 3.05. The number of anilines is 1. The van der Waals surface area contributed by atoms with E-state index in [1.807, 2.05) is 0 Å². The van der Waals surface area contributed by atoms with Gasteiger partial charge < -0.3 is 20.2 Å². The molecule has 3 N–H and O–H groups in total. The summed E-state index contributed by atoms with van der Waals surface area (Å²) in [5, 5.41) is 25.9. The molecule has 2 amide bonds. The van der Waals surface area contributed by atoms with Crippen molar-refractivity contribution in [3.8, 4) is 0 Å². The van der Waals surface area contributed by atoms with Gasteiger partial charge in [0.15, 0.2) is 0 Å². The van der Waals surface area contributed by atoms with Gasteiger partial charge in [0.2, 0.25) is 0 Å². The summed E-state index contributed by atoms with van der Waals surface area (Å²) >= 11 is 5.69. The lowest BCUT2D eigenvalue weighted by atomic mass is 10.0. The highest BCUT2D eigenvalue weighted by atomic mass is 35.5. The first-order valence-corrected chi connectivity index (χ1v) is 6.92. The molecule has 0 radical (unpaired) electrons. The number of nitro groups is 1. The van der Waals surface area contributed by atoms with Crippen molar-refractivity contribution in [2.24, 2.45) is 0 Å². The molecule has 1 unspecified atom stereocenters. The van der Waals surface area contributed by atoms with E-state index in [9.17, 15) is 20.0 Å². The fraction of sp³-hybridized carbons (Fsp3) is 0.214. The number of nitrogens with zero attached hydrogens (tertiary/aromatic N) is 1. The predicted molar refractivity (Wildman–Crippen MR) is 83.4 cm³/mol. The Morgan fingerprint density at radius 2 is 2.22 bits per heavy atom. The van der Waals surface area contributed by atoms with Crippen LogP contribution < -0.4 is 10.6 Å². The van der Waals surface area contributed by atoms with Gasteiger partial charge in [0, 0.05) is 11.8 Å². The Kier molecular flexibility index (Phi) is 4.87. The molecule has 23 heavy (non-hydrogen) atoms. The highest BCUT2D eigenvalue weighted by Crippen LogP contribution is 2.27. The van der Waals surface area contributed by atoms with E-state index < -0.39 is 16.6 Å². The summed E-state index contributed by atoms with van der Waals surface area (Å²) in [5.41, 5.74) is -1.49. The monoisotopic (exact) mass is 339 g/mol. The minimum Gasteiger partial charge on any atom is -0.466 e. The van der Waals surface area contributed by atoms with Crippen LogP contribution in [0.15, 0.2) is 41.0 Å². The minimum absolute atomic E-state index is 0.0262. The Morgan fingerprint density at radius 3 is 2.83 bits per heavy atom. The van der Waals surface area contributed by atoms with Crippen molar-refractivity contribution in [2.75, 3.05) is 11.9 Å². The average Bonchev–Trinajstić information content (AvgIpc) is 3.02. The molecule has 0 fully saturated rings. The van der Waals surface area contributed by atoms with Gasteiger partial charge in [-0.15, -0.1) is 0 Å². The number of furan rings is 1. The fourth-order valence-electron chi connectivity index (χ4n) is 1.83. The maximum atomic E-state index is 11.8. The van der Waals surface area contributed by atoms with Gasteiger partial charge in [-0.05, 0) is 31.2 Å². The maximum Gasteiger partial charge on any atom is 0.319 e. The largest absolute Gasteiger partial charge is 0.466 e. The number of benzene rings is 1. The molecule has 2 aromatic rings. The van der Waals surface area contributed by atoms with Gasteiger partial charge in [-0.1, -0.05) is 11.6 Å². The number of urea groups is 1. The van der Waals surface area contributed by atoms with Crippen molar-refractivity contribution < 1.29 is 19.2 Å². The maximum absolute atomic E-state index is 11.8. The standard InChI is InChI=1S/C14H14ClN3O5/c1-14(20,12-3-2-6-23-12)8-16-13(19)17-9-4-5-10(15)11(7-9)18(21)22/h2-7,20H,8H2,1H3,(H2,16,17,19). The van der Waals surface area contributed by atoms with Gasteiger partial charge in [-0.3, -0.25) is 10.1 Å². The van der Waals surface area contributed by atoms with Gasteiger partial charge in [-0.2, -0.15) is 0 Å². The summed E-state index contributed by atoms with van der Waals surface area (Å²) in [6.07, 6.45) is 1.41. The van der Waals surface area contributed by atoms with Crippen LogP contribution in [0.3, 0.4) is 0 Å². The van der Waals surface area contributed by atoms with Gasteiger partial charge in [0.25, 0.3) is 5.69 Å². The molecule has 0 saturated heterocycles. The highest BCUT2D eigenvalue weighted by molar-refractivity contribution is 6.32. The van der Waals surface area contributed by atoms with Gasteiger partial charge in [0.05, 0.1) is 17.7 Å². The summed E-state index contributed by atoms with van der Waals surface area (Å²) in [4.78, 5) is 22.0. The van der Waals surface area contributed by atoms with E-state index in [0.717, 1.165) is 6.07 Å². The van der Waals surface area contributed by atoms with Gasteiger partial charge >= 0.3 is 6.03 Å². The van der Waals surface area contributed by atoms with E-state index in [-0.39, 0.29) is 22.9 Å². The molecule has 1 aromatic carbocycles. The van der Waals surface area contributed by atoms with Crippen LogP contribution in [-0.4, -0.2) is 22.6 Å². The molecule has 0 saturated carbocycles. The van der Waals surface area contributed by atoms with Crippen LogP contribution in [0.1, 0.15) is 12.7 Å². The Bertz CT molecular complexity index is 715. The fourth-order valence-corrected chi connectivity index (χ4v) is 2.02. The Morgan fingerprint density at radius 1 is 1.48 bits per heavy atom. The molecule has 1 aromatic heterocycles. The van der Waals surface area contributed by atoms with Gasteiger partial charge in [0.1, 0.15) is 16.4 Å². The van der Waals surface area contributed by atoms with Crippen LogP contribution in [0.2, 0.25) is 5.02 Å². The van der Waals surface area contributed by atoms with Crippen molar-refractivity contribution in [1.82, 2.24) is 5.32 Å². The van der Waals surface area contributed by atoms with Crippen LogP contribution in [0.5, 0.6) is 0 Å². The molecule has 0 spiro atoms. The number of halogens is 1. The van der Waals surface area contributed by atoms with Crippen LogP contribution in [-0.2, 0) is 5.60 Å². The Balaban J connectivity index is 1.98. The van der Waals surface area contributed by atoms with Gasteiger partial charge in [-0.25, -0.2) is 4.79 Å². The topological polar surface area (TPSA) is 118 Å². The Labute approximate surface area is 136 Å². The number of carbonyl (C=O) groups is 1. The zero-order valence-electron chi connectivity index (χ0n) is 12.1. The quantitative estimate of drug-likeness (QED) is 0.572. The van der Waals surface area contributed by atoms with Crippen molar-refractivity contribution in [3.05, 3.63) is 57.5 Å². The van der Waals surface area contributed by atoms with E-state index in [1.165, 1.54) is 25.3 Å². The lowest BCUT2D eigenvalue weighted by molar-refractivity contribution is -0.384. The normalized spacial score (nSPS) is 13.2. The molecule has 0 aliphatic heterocycles. The van der Waals surface area contributed by atoms with Crippen LogP contribution in [0.25, 0.3) is 0 Å². The number of nitrogens with one attached hydrogen (secondary N) is 2. The summed E-state index contributed by atoms with van der Waals surface area (Å²) in [6, 6.07) is 6.47. The molecule has 1 atom stereocenters. The van der Waals surface area contributed by atoms with Crippen LogP contribution in [0, 0.1) is 10.1 Å². The number of amides is 2. The van der Waals surface area contributed by atoms with Crippen LogP contribution >= 0.6 is 11.6 Å². The molecular formula is C14H14ClN3O5. The van der Waals surface area contributed by atoms with Crippen molar-refractivity contribution >= 4 is 29.0 Å². The molecule has 9 heteroatoms. The van der Waals surface area contributed by atoms with E-state index in [2.05, 4.69) is 10.6 Å². The molecular weight excluding hydrogens is 326 g/mol. The number of hydrogen-bond donors (Lipinski definition) is 3. The number of carbonyl (C=O) groups excluding carboxylic acids is 1. The molecule has 0 bridgehead atoms. The van der Waals surface area contributed by atoms with E-state index in [0.29, 0.717) is 5.76 Å². The summed E-state index contributed by atoms with van der Waals surface area (Å²) in [7, 11) is 0. The number of hydrogen-bond acceptors (Lipinski definition) is 5. The first kappa shape index (κ1) is 16.8. The summed E-state index contributed by atoms with van der Waals surface area (Å²) < 4.78 is 5.09. The lowest BCUT2D eigenvalue weighted by Crippen LogP contribution is -2.40. The predicted octanol–water partition coefficient (Wildman–Crippen LogP) is 2.87. The SMILES string of the molecule is CC(O)(CNC(=O)Nc1ccc(Cl)c([N+](=O)[O-])c1)c1ccco1. The second-order valence-corrected chi connectivity index (χ2v) is 5.39. The molecule has 0 aliphatic rings. The average molecular weight is 340 g/mol. The second-order valence-electron chi connectivity index (χ2n) is 4.98. The number of aliphatic hydroxyl groups is 1. The second kappa shape index (κ2) is 6.67. The third kappa shape index (κ3) is 4.21. The van der Waals surface area contributed by atoms with Crippen molar-refractivity contribution in [2.45, 2.75) is 12.5 Å². The molecule has 0 aliphatic carbocycles. The minimum atomic E-state index is -1.38. The highest BCUT2D eigenvalue weighted by Gasteiger charge is 2.26. The van der Waals surface area contributed by atoms with E-state index in [4.69, 9.17) is 16.0 Å². The summed E-state index contributed by atoms with van der Waals surface area (Å²) in [5.74, 6) is 0.305. The first-order valence-electron chi connectivity index (χ1n) is 6.55. The van der Waals surface area contributed by atoms with E-state index >= 15 is 0 Å². The van der Waals surface area contributed by atoms with Crippen LogP contribution in [0.4, 0.5) is 16.2 Å². The molecule has 1 heterocycles. The first-order chi connectivity index (χ1) is 10.8. The third-order valence-corrected chi connectivity index (χ3v) is 3.37. The molecule has 122 valence electrons. The Hall–Kier alpha value is -2.58. The van der Waals surface area contributed by atoms with E-state index in [1.54, 1.807) is 12.1 Å². The van der Waals surface area contributed by atoms with Crippen molar-refractivity contribution in [1.29, 1.82) is 0 Å². The summed E-state index contributed by atoms with van der Waals surface area (Å²) in [6.45, 7) is 1.38. The zero-order valence-corrected chi connectivity index (χ0v) is 12.8. The van der Waals surface area contributed by atoms with Crippen molar-refractivity contribution in [3.63, 3.8) is 0 Å². The lowest BCUT2D eigenvalue weighted by Gasteiger charge is -2.21.